The summed E-state index contributed by atoms with van der Waals surface area (Å²) in [6.45, 7) is 2.68. The minimum atomic E-state index is -0.736. The summed E-state index contributed by atoms with van der Waals surface area (Å²) in [5.41, 5.74) is 1.01. The predicted molar refractivity (Wildman–Crippen MR) is 71.2 cm³/mol. The Labute approximate surface area is 111 Å². The van der Waals surface area contributed by atoms with Gasteiger partial charge in [0.1, 0.15) is 5.69 Å². The number of nitro groups is 1. The maximum Gasteiger partial charge on any atom is 0.292 e. The van der Waals surface area contributed by atoms with Crippen molar-refractivity contribution in [1.29, 1.82) is 0 Å². The van der Waals surface area contributed by atoms with Gasteiger partial charge in [0.15, 0.2) is 0 Å². The number of piperidine rings is 1. The van der Waals surface area contributed by atoms with Crippen LogP contribution in [0.25, 0.3) is 0 Å². The third kappa shape index (κ3) is 3.02. The normalized spacial score (nSPS) is 21.2. The number of anilines is 1. The molecule has 2 N–H and O–H groups in total. The molecule has 1 unspecified atom stereocenters. The lowest BCUT2D eigenvalue weighted by Crippen LogP contribution is -2.38. The van der Waals surface area contributed by atoms with Gasteiger partial charge in [-0.3, -0.25) is 10.1 Å². The lowest BCUT2D eigenvalue weighted by molar-refractivity contribution is -0.384. The Kier molecular flexibility index (Phi) is 4.01. The monoisotopic (exact) mass is 266 g/mol. The smallest absolute Gasteiger partial charge is 0.292 e. The molecule has 1 fully saturated rings. The van der Waals surface area contributed by atoms with E-state index in [9.17, 15) is 20.3 Å². The molecule has 2 rings (SSSR count). The number of aliphatic hydroxyl groups is 2. The van der Waals surface area contributed by atoms with Crippen LogP contribution >= 0.6 is 0 Å². The van der Waals surface area contributed by atoms with Gasteiger partial charge in [0, 0.05) is 19.2 Å². The summed E-state index contributed by atoms with van der Waals surface area (Å²) in [5, 5.41) is 30.3. The zero-order valence-electron chi connectivity index (χ0n) is 10.8. The van der Waals surface area contributed by atoms with Gasteiger partial charge in [-0.05, 0) is 31.4 Å². The summed E-state index contributed by atoms with van der Waals surface area (Å²) >= 11 is 0. The number of hydrogen-bond donors (Lipinski definition) is 2. The molecular formula is C13H18N2O4. The van der Waals surface area contributed by atoms with Crippen molar-refractivity contribution in [3.8, 4) is 0 Å². The zero-order chi connectivity index (χ0) is 14.0. The number of nitrogens with zero attached hydrogens (tertiary/aromatic N) is 2. The Hall–Kier alpha value is -1.66. The molecule has 1 aromatic carbocycles. The minimum Gasteiger partial charge on any atom is -0.391 e. The van der Waals surface area contributed by atoms with Crippen molar-refractivity contribution in [3.05, 3.63) is 33.9 Å². The number of β-amino-alcohol motifs (C(OH)–C–C–N with tert-alkyl or cyclic N) is 1. The first kappa shape index (κ1) is 13.8. The lowest BCUT2D eigenvalue weighted by atomic mass is 10.0. The molecule has 0 aromatic heterocycles. The van der Waals surface area contributed by atoms with E-state index >= 15 is 0 Å². The van der Waals surface area contributed by atoms with E-state index in [2.05, 4.69) is 0 Å². The molecule has 0 amide bonds. The Morgan fingerprint density at radius 1 is 1.53 bits per heavy atom. The highest BCUT2D eigenvalue weighted by Crippen LogP contribution is 2.32. The fourth-order valence-corrected chi connectivity index (χ4v) is 2.39. The number of rotatable bonds is 3. The van der Waals surface area contributed by atoms with Crippen LogP contribution in [0, 0.1) is 10.1 Å². The molecule has 0 bridgehead atoms. The van der Waals surface area contributed by atoms with Crippen LogP contribution in [0.5, 0.6) is 0 Å². The van der Waals surface area contributed by atoms with Gasteiger partial charge in [-0.2, -0.15) is 0 Å². The SMILES string of the molecule is C[C@@H](O)c1ccc(N2CCCC(O)C2)c([N+](=O)[O-])c1. The van der Waals surface area contributed by atoms with E-state index in [1.165, 1.54) is 6.07 Å². The highest BCUT2D eigenvalue weighted by molar-refractivity contribution is 5.64. The standard InChI is InChI=1S/C13H18N2O4/c1-9(16)10-4-5-12(13(7-10)15(18)19)14-6-2-3-11(17)8-14/h4-5,7,9,11,16-17H,2-3,6,8H2,1H3/t9-,11?/m1/s1. The Morgan fingerprint density at radius 3 is 2.84 bits per heavy atom. The van der Waals surface area contributed by atoms with Gasteiger partial charge in [0.05, 0.1) is 17.1 Å². The maximum atomic E-state index is 11.2. The first-order valence-corrected chi connectivity index (χ1v) is 6.38. The highest BCUT2D eigenvalue weighted by Gasteiger charge is 2.25. The van der Waals surface area contributed by atoms with Crippen LogP contribution < -0.4 is 4.90 Å². The number of hydrogen-bond acceptors (Lipinski definition) is 5. The molecule has 1 aliphatic heterocycles. The largest absolute Gasteiger partial charge is 0.391 e. The Balaban J connectivity index is 2.36. The molecular weight excluding hydrogens is 248 g/mol. The molecule has 104 valence electrons. The summed E-state index contributed by atoms with van der Waals surface area (Å²) in [6, 6.07) is 4.74. The predicted octanol–water partition coefficient (Wildman–Crippen LogP) is 1.61. The molecule has 6 nitrogen and oxygen atoms in total. The second-order valence-electron chi connectivity index (χ2n) is 4.92. The summed E-state index contributed by atoms with van der Waals surface area (Å²) in [5.74, 6) is 0. The van der Waals surface area contributed by atoms with Crippen molar-refractivity contribution in [3.63, 3.8) is 0 Å². The van der Waals surface area contributed by atoms with Gasteiger partial charge in [0.2, 0.25) is 0 Å². The van der Waals surface area contributed by atoms with Crippen LogP contribution in [0.15, 0.2) is 18.2 Å². The van der Waals surface area contributed by atoms with E-state index in [-0.39, 0.29) is 5.69 Å². The molecule has 19 heavy (non-hydrogen) atoms. The van der Waals surface area contributed by atoms with Crippen LogP contribution in [0.4, 0.5) is 11.4 Å². The molecule has 1 aliphatic rings. The summed E-state index contributed by atoms with van der Waals surface area (Å²) in [6.07, 6.45) is 0.372. The Bertz CT molecular complexity index is 476. The van der Waals surface area contributed by atoms with Gasteiger partial charge in [-0.15, -0.1) is 0 Å². The van der Waals surface area contributed by atoms with Crippen molar-refractivity contribution >= 4 is 11.4 Å². The van der Waals surface area contributed by atoms with E-state index in [0.29, 0.717) is 24.3 Å². The van der Waals surface area contributed by atoms with Gasteiger partial charge < -0.3 is 15.1 Å². The third-order valence-electron chi connectivity index (χ3n) is 3.42. The molecule has 0 radical (unpaired) electrons. The average molecular weight is 266 g/mol. The van der Waals surface area contributed by atoms with Crippen molar-refractivity contribution in [1.82, 2.24) is 0 Å². The van der Waals surface area contributed by atoms with Gasteiger partial charge in [0.25, 0.3) is 5.69 Å². The molecule has 1 saturated heterocycles. The van der Waals surface area contributed by atoms with Crippen LogP contribution in [0.2, 0.25) is 0 Å². The van der Waals surface area contributed by atoms with Gasteiger partial charge in [-0.25, -0.2) is 0 Å². The Morgan fingerprint density at radius 2 is 2.26 bits per heavy atom. The van der Waals surface area contributed by atoms with Gasteiger partial charge in [-0.1, -0.05) is 6.07 Å². The first-order valence-electron chi connectivity index (χ1n) is 6.38. The van der Waals surface area contributed by atoms with E-state index in [0.717, 1.165) is 12.8 Å². The van der Waals surface area contributed by atoms with Crippen molar-refractivity contribution < 1.29 is 15.1 Å². The first-order chi connectivity index (χ1) is 8.99. The lowest BCUT2D eigenvalue weighted by Gasteiger charge is -2.31. The highest BCUT2D eigenvalue weighted by atomic mass is 16.6. The summed E-state index contributed by atoms with van der Waals surface area (Å²) in [7, 11) is 0. The molecule has 1 aromatic rings. The topological polar surface area (TPSA) is 86.8 Å². The fraction of sp³-hybridized carbons (Fsp3) is 0.538. The number of aliphatic hydroxyl groups excluding tert-OH is 2. The second kappa shape index (κ2) is 5.54. The zero-order valence-corrected chi connectivity index (χ0v) is 10.8. The van der Waals surface area contributed by atoms with Crippen molar-refractivity contribution in [2.75, 3.05) is 18.0 Å². The number of benzene rings is 1. The molecule has 0 saturated carbocycles. The van der Waals surface area contributed by atoms with Crippen LogP contribution in [0.3, 0.4) is 0 Å². The minimum absolute atomic E-state index is 0.0208. The fourth-order valence-electron chi connectivity index (χ4n) is 2.39. The van der Waals surface area contributed by atoms with Crippen molar-refractivity contribution in [2.45, 2.75) is 32.0 Å². The van der Waals surface area contributed by atoms with Crippen LogP contribution in [-0.4, -0.2) is 34.3 Å². The molecule has 6 heteroatoms. The van der Waals surface area contributed by atoms with Crippen LogP contribution in [0.1, 0.15) is 31.4 Å². The third-order valence-corrected chi connectivity index (χ3v) is 3.42. The molecule has 1 heterocycles. The number of nitro benzene ring substituents is 1. The molecule has 0 spiro atoms. The van der Waals surface area contributed by atoms with E-state index in [1.807, 2.05) is 4.90 Å². The quantitative estimate of drug-likeness (QED) is 0.641. The van der Waals surface area contributed by atoms with E-state index in [1.54, 1.807) is 19.1 Å². The second-order valence-corrected chi connectivity index (χ2v) is 4.92. The van der Waals surface area contributed by atoms with E-state index in [4.69, 9.17) is 0 Å². The van der Waals surface area contributed by atoms with E-state index < -0.39 is 17.1 Å². The maximum absolute atomic E-state index is 11.2. The molecule has 2 atom stereocenters. The van der Waals surface area contributed by atoms with Crippen LogP contribution in [-0.2, 0) is 0 Å². The summed E-state index contributed by atoms with van der Waals surface area (Å²) < 4.78 is 0. The average Bonchev–Trinajstić information content (AvgIpc) is 2.37. The van der Waals surface area contributed by atoms with Gasteiger partial charge >= 0.3 is 0 Å². The molecule has 0 aliphatic carbocycles. The van der Waals surface area contributed by atoms with Crippen molar-refractivity contribution in [2.24, 2.45) is 0 Å². The summed E-state index contributed by atoms with van der Waals surface area (Å²) in [4.78, 5) is 12.5.